The normalized spacial score (nSPS) is 10.7. The highest BCUT2D eigenvalue weighted by Gasteiger charge is 2.08. The lowest BCUT2D eigenvalue weighted by atomic mass is 10.1. The molecule has 0 bridgehead atoms. The standard InChI is InChI=1S/C13H17ClN4O/c1-8-11(9(2)19-18-8)5-4-6-15-13-7-12(14)16-10(3)17-13/h7H,4-6H2,1-3H3,(H,15,16,17). The number of aromatic nitrogens is 3. The van der Waals surface area contributed by atoms with Gasteiger partial charge in [-0.15, -0.1) is 0 Å². The third-order valence-corrected chi connectivity index (χ3v) is 3.09. The minimum atomic E-state index is 0.459. The third kappa shape index (κ3) is 3.67. The van der Waals surface area contributed by atoms with Gasteiger partial charge in [-0.25, -0.2) is 9.97 Å². The van der Waals surface area contributed by atoms with Crippen molar-refractivity contribution in [3.05, 3.63) is 34.1 Å². The summed E-state index contributed by atoms with van der Waals surface area (Å²) in [4.78, 5) is 8.29. The summed E-state index contributed by atoms with van der Waals surface area (Å²) < 4.78 is 5.13. The molecule has 0 saturated heterocycles. The molecule has 2 rings (SSSR count). The van der Waals surface area contributed by atoms with Gasteiger partial charge in [-0.2, -0.15) is 0 Å². The summed E-state index contributed by atoms with van der Waals surface area (Å²) in [6, 6.07) is 1.73. The van der Waals surface area contributed by atoms with Crippen molar-refractivity contribution in [2.24, 2.45) is 0 Å². The van der Waals surface area contributed by atoms with Gasteiger partial charge in [0.05, 0.1) is 5.69 Å². The van der Waals surface area contributed by atoms with Gasteiger partial charge in [0.25, 0.3) is 0 Å². The minimum absolute atomic E-state index is 0.459. The van der Waals surface area contributed by atoms with E-state index in [2.05, 4.69) is 20.4 Å². The van der Waals surface area contributed by atoms with Gasteiger partial charge in [0.2, 0.25) is 0 Å². The fraction of sp³-hybridized carbons (Fsp3) is 0.462. The second-order valence-electron chi connectivity index (χ2n) is 4.46. The zero-order chi connectivity index (χ0) is 13.8. The van der Waals surface area contributed by atoms with Crippen LogP contribution < -0.4 is 5.32 Å². The molecule has 0 radical (unpaired) electrons. The van der Waals surface area contributed by atoms with Crippen molar-refractivity contribution in [3.63, 3.8) is 0 Å². The maximum Gasteiger partial charge on any atom is 0.137 e. The molecule has 0 fully saturated rings. The number of rotatable bonds is 5. The van der Waals surface area contributed by atoms with E-state index in [4.69, 9.17) is 16.1 Å². The van der Waals surface area contributed by atoms with Gasteiger partial charge in [-0.05, 0) is 33.6 Å². The largest absolute Gasteiger partial charge is 0.370 e. The van der Waals surface area contributed by atoms with Crippen LogP contribution >= 0.6 is 11.6 Å². The van der Waals surface area contributed by atoms with Crippen molar-refractivity contribution in [3.8, 4) is 0 Å². The highest BCUT2D eigenvalue weighted by Crippen LogP contribution is 2.15. The van der Waals surface area contributed by atoms with E-state index in [0.717, 1.165) is 36.7 Å². The first-order valence-electron chi connectivity index (χ1n) is 6.23. The van der Waals surface area contributed by atoms with Gasteiger partial charge < -0.3 is 9.84 Å². The van der Waals surface area contributed by atoms with Gasteiger partial charge in [-0.3, -0.25) is 0 Å². The van der Waals surface area contributed by atoms with Crippen LogP contribution in [0.15, 0.2) is 10.6 Å². The summed E-state index contributed by atoms with van der Waals surface area (Å²) in [6.07, 6.45) is 1.91. The Hall–Kier alpha value is -1.62. The summed E-state index contributed by atoms with van der Waals surface area (Å²) >= 11 is 5.87. The van der Waals surface area contributed by atoms with Crippen LogP contribution in [0, 0.1) is 20.8 Å². The predicted molar refractivity (Wildman–Crippen MR) is 74.6 cm³/mol. The Morgan fingerprint density at radius 2 is 2.05 bits per heavy atom. The fourth-order valence-corrected chi connectivity index (χ4v) is 2.19. The Morgan fingerprint density at radius 1 is 1.26 bits per heavy atom. The first-order valence-corrected chi connectivity index (χ1v) is 6.61. The van der Waals surface area contributed by atoms with E-state index in [-0.39, 0.29) is 0 Å². The Kier molecular flexibility index (Phi) is 4.37. The van der Waals surface area contributed by atoms with E-state index in [0.29, 0.717) is 11.0 Å². The summed E-state index contributed by atoms with van der Waals surface area (Å²) in [5.74, 6) is 2.33. The van der Waals surface area contributed by atoms with Crippen molar-refractivity contribution < 1.29 is 4.52 Å². The van der Waals surface area contributed by atoms with Gasteiger partial charge in [0, 0.05) is 18.2 Å². The molecular formula is C13H17ClN4O. The molecule has 2 heterocycles. The summed E-state index contributed by atoms with van der Waals surface area (Å²) in [7, 11) is 0. The monoisotopic (exact) mass is 280 g/mol. The zero-order valence-electron chi connectivity index (χ0n) is 11.3. The number of halogens is 1. The van der Waals surface area contributed by atoms with Crippen LogP contribution in [0.3, 0.4) is 0 Å². The molecule has 0 aliphatic carbocycles. The molecule has 0 aliphatic rings. The molecule has 0 atom stereocenters. The molecule has 0 spiro atoms. The molecule has 0 unspecified atom stereocenters. The SMILES string of the molecule is Cc1nc(Cl)cc(NCCCc2c(C)noc2C)n1. The maximum atomic E-state index is 5.87. The van der Waals surface area contributed by atoms with Crippen LogP contribution in [0.5, 0.6) is 0 Å². The molecule has 19 heavy (non-hydrogen) atoms. The van der Waals surface area contributed by atoms with Gasteiger partial charge in [-0.1, -0.05) is 16.8 Å². The Morgan fingerprint density at radius 3 is 2.68 bits per heavy atom. The number of nitrogens with one attached hydrogen (secondary N) is 1. The van der Waals surface area contributed by atoms with E-state index in [1.165, 1.54) is 5.56 Å². The van der Waals surface area contributed by atoms with E-state index in [1.54, 1.807) is 6.07 Å². The van der Waals surface area contributed by atoms with Crippen LogP contribution in [-0.4, -0.2) is 21.7 Å². The topological polar surface area (TPSA) is 63.8 Å². The second kappa shape index (κ2) is 6.02. The number of hydrogen-bond donors (Lipinski definition) is 1. The molecule has 0 aromatic carbocycles. The van der Waals surface area contributed by atoms with Crippen LogP contribution in [-0.2, 0) is 6.42 Å². The Labute approximate surface area is 117 Å². The van der Waals surface area contributed by atoms with E-state index >= 15 is 0 Å². The molecule has 0 amide bonds. The first-order chi connectivity index (χ1) is 9.06. The number of anilines is 1. The van der Waals surface area contributed by atoms with E-state index < -0.39 is 0 Å². The predicted octanol–water partition coefficient (Wildman–Crippen LogP) is 3.09. The Balaban J connectivity index is 1.84. The summed E-state index contributed by atoms with van der Waals surface area (Å²) in [5, 5.41) is 7.64. The van der Waals surface area contributed by atoms with Crippen LogP contribution in [0.4, 0.5) is 5.82 Å². The summed E-state index contributed by atoms with van der Waals surface area (Å²) in [6.45, 7) is 6.54. The van der Waals surface area contributed by atoms with Gasteiger partial charge in [0.15, 0.2) is 0 Å². The van der Waals surface area contributed by atoms with Crippen molar-refractivity contribution in [2.45, 2.75) is 33.6 Å². The number of hydrogen-bond acceptors (Lipinski definition) is 5. The molecule has 5 nitrogen and oxygen atoms in total. The van der Waals surface area contributed by atoms with Crippen LogP contribution in [0.25, 0.3) is 0 Å². The average molecular weight is 281 g/mol. The van der Waals surface area contributed by atoms with Crippen molar-refractivity contribution in [1.82, 2.24) is 15.1 Å². The average Bonchev–Trinajstić information content (AvgIpc) is 2.64. The fourth-order valence-electron chi connectivity index (χ4n) is 1.96. The van der Waals surface area contributed by atoms with Crippen LogP contribution in [0.2, 0.25) is 5.15 Å². The molecule has 102 valence electrons. The molecule has 1 N–H and O–H groups in total. The Bertz CT molecular complexity index is 528. The zero-order valence-corrected chi connectivity index (χ0v) is 12.1. The lowest BCUT2D eigenvalue weighted by Gasteiger charge is -2.06. The lowest BCUT2D eigenvalue weighted by molar-refractivity contribution is 0.392. The van der Waals surface area contributed by atoms with Gasteiger partial charge >= 0.3 is 0 Å². The lowest BCUT2D eigenvalue weighted by Crippen LogP contribution is -2.06. The van der Waals surface area contributed by atoms with E-state index in [1.807, 2.05) is 20.8 Å². The molecule has 2 aromatic heterocycles. The first kappa shape index (κ1) is 13.8. The number of aryl methyl sites for hydroxylation is 3. The minimum Gasteiger partial charge on any atom is -0.370 e. The molecule has 6 heteroatoms. The highest BCUT2D eigenvalue weighted by atomic mass is 35.5. The van der Waals surface area contributed by atoms with E-state index in [9.17, 15) is 0 Å². The smallest absolute Gasteiger partial charge is 0.137 e. The van der Waals surface area contributed by atoms with Crippen molar-refractivity contribution >= 4 is 17.4 Å². The molecular weight excluding hydrogens is 264 g/mol. The van der Waals surface area contributed by atoms with Crippen molar-refractivity contribution in [2.75, 3.05) is 11.9 Å². The third-order valence-electron chi connectivity index (χ3n) is 2.90. The van der Waals surface area contributed by atoms with Crippen molar-refractivity contribution in [1.29, 1.82) is 0 Å². The summed E-state index contributed by atoms with van der Waals surface area (Å²) in [5.41, 5.74) is 2.16. The quantitative estimate of drug-likeness (QED) is 0.673. The number of nitrogens with zero attached hydrogens (tertiary/aromatic N) is 3. The molecule has 2 aromatic rings. The molecule has 0 aliphatic heterocycles. The maximum absolute atomic E-state index is 5.87. The molecule has 0 saturated carbocycles. The highest BCUT2D eigenvalue weighted by molar-refractivity contribution is 6.29. The van der Waals surface area contributed by atoms with Gasteiger partial charge in [0.1, 0.15) is 22.6 Å². The van der Waals surface area contributed by atoms with Crippen LogP contribution in [0.1, 0.15) is 29.3 Å². The second-order valence-corrected chi connectivity index (χ2v) is 4.84.